The summed E-state index contributed by atoms with van der Waals surface area (Å²) in [6.07, 6.45) is 1.29. The molecule has 0 saturated carbocycles. The van der Waals surface area contributed by atoms with Crippen LogP contribution in [0, 0.1) is 0 Å². The molecule has 0 aliphatic rings. The number of hydrogen-bond donors (Lipinski definition) is 7. The smallest absolute Gasteiger partial charge is 0.325 e. The van der Waals surface area contributed by atoms with Crippen LogP contribution in [-0.2, 0) is 30.4 Å². The number of carbonyl (C=O) groups excluding carboxylic acids is 3. The second-order valence-corrected chi connectivity index (χ2v) is 7.51. The molecule has 178 valence electrons. The Kier molecular flexibility index (Phi) is 8.92. The van der Waals surface area contributed by atoms with Gasteiger partial charge >= 0.3 is 11.9 Å². The summed E-state index contributed by atoms with van der Waals surface area (Å²) in [7, 11) is 0. The van der Waals surface area contributed by atoms with Crippen molar-refractivity contribution < 1.29 is 34.2 Å². The monoisotopic (exact) mass is 461 g/mol. The first-order valence-electron chi connectivity index (χ1n) is 10.2. The van der Waals surface area contributed by atoms with E-state index in [0.717, 1.165) is 16.5 Å². The van der Waals surface area contributed by atoms with Crippen molar-refractivity contribution >= 4 is 40.6 Å². The van der Waals surface area contributed by atoms with Gasteiger partial charge in [0.15, 0.2) is 0 Å². The Balaban J connectivity index is 1.98. The molecule has 0 radical (unpaired) electrons. The van der Waals surface area contributed by atoms with Crippen molar-refractivity contribution in [2.24, 2.45) is 5.73 Å². The highest BCUT2D eigenvalue weighted by Gasteiger charge is 2.26. The Morgan fingerprint density at radius 3 is 2.42 bits per heavy atom. The number of carboxylic acids is 2. The lowest BCUT2D eigenvalue weighted by Crippen LogP contribution is -2.53. The lowest BCUT2D eigenvalue weighted by molar-refractivity contribution is -0.141. The number of nitrogens with one attached hydrogen (secondary N) is 4. The van der Waals surface area contributed by atoms with E-state index < -0.39 is 60.8 Å². The molecule has 0 bridgehead atoms. The number of aliphatic carboxylic acids is 2. The van der Waals surface area contributed by atoms with Crippen LogP contribution in [0.15, 0.2) is 30.5 Å². The van der Waals surface area contributed by atoms with Crippen LogP contribution < -0.4 is 21.7 Å². The summed E-state index contributed by atoms with van der Waals surface area (Å²) >= 11 is 0. The van der Waals surface area contributed by atoms with E-state index in [1.807, 2.05) is 24.3 Å². The molecular weight excluding hydrogens is 434 g/mol. The largest absolute Gasteiger partial charge is 0.481 e. The number of hydrogen-bond acceptors (Lipinski definition) is 6. The Bertz CT molecular complexity index is 1030. The molecule has 1 aromatic heterocycles. The van der Waals surface area contributed by atoms with Crippen molar-refractivity contribution in [1.82, 2.24) is 20.9 Å². The van der Waals surface area contributed by atoms with Crippen LogP contribution in [0.25, 0.3) is 10.9 Å². The first-order valence-corrected chi connectivity index (χ1v) is 10.2. The zero-order chi connectivity index (χ0) is 24.5. The normalized spacial score (nSPS) is 13.5. The SMILES string of the molecule is CC(NC(=O)CNC(=O)C(CCC(=O)O)NC(=O)C(N)Cc1c[nH]c2ccccc12)C(=O)O. The third-order valence-electron chi connectivity index (χ3n) is 4.90. The summed E-state index contributed by atoms with van der Waals surface area (Å²) in [6, 6.07) is 4.07. The molecule has 12 nitrogen and oxygen atoms in total. The number of rotatable bonds is 12. The molecule has 2 rings (SSSR count). The first kappa shape index (κ1) is 25.3. The van der Waals surface area contributed by atoms with Crippen LogP contribution in [0.1, 0.15) is 25.3 Å². The second-order valence-electron chi connectivity index (χ2n) is 7.51. The lowest BCUT2D eigenvalue weighted by Gasteiger charge is -2.20. The molecule has 0 saturated heterocycles. The molecule has 3 amide bonds. The maximum atomic E-state index is 12.6. The molecular formula is C21H27N5O7. The van der Waals surface area contributed by atoms with Crippen LogP contribution in [0.3, 0.4) is 0 Å². The van der Waals surface area contributed by atoms with Gasteiger partial charge in [0.25, 0.3) is 0 Å². The van der Waals surface area contributed by atoms with Gasteiger partial charge in [0.1, 0.15) is 12.1 Å². The minimum Gasteiger partial charge on any atom is -0.481 e. The summed E-state index contributed by atoms with van der Waals surface area (Å²) in [5.41, 5.74) is 7.71. The third kappa shape index (κ3) is 7.61. The second kappa shape index (κ2) is 11.6. The van der Waals surface area contributed by atoms with Crippen molar-refractivity contribution in [2.75, 3.05) is 6.54 Å². The van der Waals surface area contributed by atoms with Gasteiger partial charge in [0.05, 0.1) is 12.6 Å². The van der Waals surface area contributed by atoms with Gasteiger partial charge in [0, 0.05) is 23.5 Å². The molecule has 0 fully saturated rings. The summed E-state index contributed by atoms with van der Waals surface area (Å²) in [5, 5.41) is 25.5. The number of aromatic amines is 1. The fourth-order valence-corrected chi connectivity index (χ4v) is 3.09. The van der Waals surface area contributed by atoms with E-state index in [4.69, 9.17) is 15.9 Å². The van der Waals surface area contributed by atoms with Gasteiger partial charge < -0.3 is 36.9 Å². The fraction of sp³-hybridized carbons (Fsp3) is 0.381. The van der Waals surface area contributed by atoms with Crippen molar-refractivity contribution in [3.05, 3.63) is 36.0 Å². The standard InChI is InChI=1S/C21H27N5O7/c1-11(21(32)33)25-17(27)10-24-20(31)16(6-7-18(28)29)26-19(30)14(22)8-12-9-23-15-5-3-2-4-13(12)15/h2-5,9,11,14,16,23H,6-8,10,22H2,1H3,(H,24,31)(H,25,27)(H,26,30)(H,28,29)(H,32,33). The predicted octanol–water partition coefficient (Wildman–Crippen LogP) is -0.907. The van der Waals surface area contributed by atoms with Crippen molar-refractivity contribution in [3.63, 3.8) is 0 Å². The zero-order valence-corrected chi connectivity index (χ0v) is 18.0. The molecule has 3 atom stereocenters. The highest BCUT2D eigenvalue weighted by Crippen LogP contribution is 2.18. The summed E-state index contributed by atoms with van der Waals surface area (Å²) < 4.78 is 0. The number of nitrogens with two attached hydrogens (primary N) is 1. The first-order chi connectivity index (χ1) is 15.6. The van der Waals surface area contributed by atoms with E-state index in [9.17, 15) is 24.0 Å². The molecule has 3 unspecified atom stereocenters. The Morgan fingerprint density at radius 1 is 1.06 bits per heavy atom. The molecule has 8 N–H and O–H groups in total. The number of carbonyl (C=O) groups is 5. The highest BCUT2D eigenvalue weighted by atomic mass is 16.4. The lowest BCUT2D eigenvalue weighted by atomic mass is 10.0. The molecule has 33 heavy (non-hydrogen) atoms. The number of para-hydroxylation sites is 1. The number of benzene rings is 1. The quantitative estimate of drug-likeness (QED) is 0.210. The van der Waals surface area contributed by atoms with E-state index in [2.05, 4.69) is 20.9 Å². The third-order valence-corrected chi connectivity index (χ3v) is 4.90. The molecule has 1 heterocycles. The van der Waals surface area contributed by atoms with Crippen LogP contribution in [0.2, 0.25) is 0 Å². The topological polar surface area (TPSA) is 204 Å². The number of amides is 3. The zero-order valence-electron chi connectivity index (χ0n) is 18.0. The predicted molar refractivity (Wildman–Crippen MR) is 117 cm³/mol. The van der Waals surface area contributed by atoms with E-state index >= 15 is 0 Å². The van der Waals surface area contributed by atoms with Gasteiger partial charge in [0.2, 0.25) is 17.7 Å². The minimum atomic E-state index is -1.24. The van der Waals surface area contributed by atoms with E-state index in [-0.39, 0.29) is 12.8 Å². The summed E-state index contributed by atoms with van der Waals surface area (Å²) in [5.74, 6) is -4.61. The highest BCUT2D eigenvalue weighted by molar-refractivity contribution is 5.93. The fourth-order valence-electron chi connectivity index (χ4n) is 3.09. The minimum absolute atomic E-state index is 0.179. The van der Waals surface area contributed by atoms with Gasteiger partial charge in [-0.25, -0.2) is 0 Å². The molecule has 0 aliphatic heterocycles. The van der Waals surface area contributed by atoms with Gasteiger partial charge in [-0.3, -0.25) is 24.0 Å². The number of H-pyrrole nitrogens is 1. The van der Waals surface area contributed by atoms with Gasteiger partial charge in [-0.2, -0.15) is 0 Å². The molecule has 2 aromatic rings. The van der Waals surface area contributed by atoms with Crippen molar-refractivity contribution in [3.8, 4) is 0 Å². The van der Waals surface area contributed by atoms with E-state index in [1.54, 1.807) is 6.20 Å². The van der Waals surface area contributed by atoms with E-state index in [0.29, 0.717) is 0 Å². The van der Waals surface area contributed by atoms with Crippen LogP contribution in [0.5, 0.6) is 0 Å². The molecule has 1 aromatic carbocycles. The number of aromatic nitrogens is 1. The molecule has 0 spiro atoms. The summed E-state index contributed by atoms with van der Waals surface area (Å²) in [6.45, 7) is 0.713. The van der Waals surface area contributed by atoms with Crippen molar-refractivity contribution in [2.45, 2.75) is 44.3 Å². The van der Waals surface area contributed by atoms with Crippen LogP contribution in [0.4, 0.5) is 0 Å². The van der Waals surface area contributed by atoms with Gasteiger partial charge in [-0.1, -0.05) is 18.2 Å². The Morgan fingerprint density at radius 2 is 1.76 bits per heavy atom. The Hall–Kier alpha value is -3.93. The number of carboxylic acid groups (broad SMARTS) is 2. The average molecular weight is 461 g/mol. The van der Waals surface area contributed by atoms with Gasteiger partial charge in [-0.15, -0.1) is 0 Å². The average Bonchev–Trinajstić information content (AvgIpc) is 3.17. The van der Waals surface area contributed by atoms with Gasteiger partial charge in [-0.05, 0) is 31.4 Å². The number of fused-ring (bicyclic) bond motifs is 1. The molecule has 0 aliphatic carbocycles. The summed E-state index contributed by atoms with van der Waals surface area (Å²) in [4.78, 5) is 61.7. The maximum absolute atomic E-state index is 12.6. The van der Waals surface area contributed by atoms with Crippen LogP contribution >= 0.6 is 0 Å². The van der Waals surface area contributed by atoms with E-state index in [1.165, 1.54) is 6.92 Å². The van der Waals surface area contributed by atoms with Crippen LogP contribution in [-0.4, -0.2) is 69.5 Å². The maximum Gasteiger partial charge on any atom is 0.325 e. The van der Waals surface area contributed by atoms with Crippen molar-refractivity contribution in [1.29, 1.82) is 0 Å². The molecule has 12 heteroatoms. The Labute approximate surface area is 188 Å².